The van der Waals surface area contributed by atoms with E-state index in [1.165, 1.54) is 14.2 Å². The fourth-order valence-electron chi connectivity index (χ4n) is 2.16. The molecular weight excluding hydrogens is 336 g/mol. The Kier molecular flexibility index (Phi) is 5.91. The van der Waals surface area contributed by atoms with Gasteiger partial charge in [0.05, 0.1) is 25.2 Å². The number of methoxy groups -OCH3 is 2. The van der Waals surface area contributed by atoms with Gasteiger partial charge in [0, 0.05) is 18.2 Å². The summed E-state index contributed by atoms with van der Waals surface area (Å²) in [5.41, 5.74) is 0.437. The second kappa shape index (κ2) is 7.91. The minimum Gasteiger partial charge on any atom is -0.497 e. The van der Waals surface area contributed by atoms with E-state index >= 15 is 0 Å². The normalized spacial score (nSPS) is 20.0. The molecule has 2 unspecified atom stereocenters. The van der Waals surface area contributed by atoms with E-state index in [-0.39, 0.29) is 18.1 Å². The van der Waals surface area contributed by atoms with Gasteiger partial charge in [0.15, 0.2) is 0 Å². The first kappa shape index (κ1) is 17.9. The average Bonchev–Trinajstić information content (AvgIpc) is 2.56. The van der Waals surface area contributed by atoms with Crippen LogP contribution in [0.25, 0.3) is 0 Å². The molecule has 0 radical (unpaired) electrons. The first-order valence-electron chi connectivity index (χ1n) is 7.11. The Balaban J connectivity index is 1.99. The number of rotatable bonds is 6. The number of carbonyl (C=O) groups excluding carboxylic acids is 2. The molecule has 2 atom stereocenters. The molecule has 130 valence electrons. The van der Waals surface area contributed by atoms with Gasteiger partial charge >= 0.3 is 5.97 Å². The van der Waals surface area contributed by atoms with Gasteiger partial charge in [-0.2, -0.15) is 0 Å². The van der Waals surface area contributed by atoms with Crippen molar-refractivity contribution in [2.45, 2.75) is 17.7 Å². The summed E-state index contributed by atoms with van der Waals surface area (Å²) in [7, 11) is 2.99. The number of amides is 2. The first-order valence-corrected chi connectivity index (χ1v) is 8.16. The van der Waals surface area contributed by atoms with Crippen molar-refractivity contribution in [3.05, 3.63) is 18.2 Å². The molecule has 3 N–H and O–H groups in total. The minimum atomic E-state index is -1.08. The average molecular weight is 354 g/mol. The van der Waals surface area contributed by atoms with Gasteiger partial charge in [-0.05, 0) is 12.1 Å². The topological polar surface area (TPSA) is 114 Å². The Hall–Kier alpha value is -2.42. The van der Waals surface area contributed by atoms with Crippen LogP contribution < -0.4 is 20.1 Å². The molecule has 1 aromatic carbocycles. The van der Waals surface area contributed by atoms with Crippen LogP contribution in [0, 0.1) is 0 Å². The van der Waals surface area contributed by atoms with E-state index < -0.39 is 23.2 Å². The molecule has 0 aromatic heterocycles. The number of aliphatic carboxylic acids is 1. The Morgan fingerprint density at radius 2 is 2.12 bits per heavy atom. The van der Waals surface area contributed by atoms with Crippen LogP contribution in [0.5, 0.6) is 11.5 Å². The highest BCUT2D eigenvalue weighted by atomic mass is 32.2. The Bertz CT molecular complexity index is 651. The number of thioether (sulfide) groups is 1. The molecule has 1 aliphatic heterocycles. The Morgan fingerprint density at radius 1 is 1.38 bits per heavy atom. The maximum Gasteiger partial charge on any atom is 0.327 e. The summed E-state index contributed by atoms with van der Waals surface area (Å²) in [6.07, 6.45) is -0.0663. The van der Waals surface area contributed by atoms with Gasteiger partial charge in [0.1, 0.15) is 17.5 Å². The lowest BCUT2D eigenvalue weighted by Crippen LogP contribution is -2.51. The van der Waals surface area contributed by atoms with E-state index in [1.54, 1.807) is 18.2 Å². The fourth-order valence-corrected chi connectivity index (χ4v) is 3.30. The molecule has 24 heavy (non-hydrogen) atoms. The molecule has 1 heterocycles. The van der Waals surface area contributed by atoms with Crippen LogP contribution in [-0.2, 0) is 14.4 Å². The van der Waals surface area contributed by atoms with Gasteiger partial charge in [-0.25, -0.2) is 4.79 Å². The van der Waals surface area contributed by atoms with E-state index in [1.807, 2.05) is 0 Å². The van der Waals surface area contributed by atoms with Crippen LogP contribution in [0.4, 0.5) is 5.69 Å². The van der Waals surface area contributed by atoms with Crippen LogP contribution in [0.2, 0.25) is 0 Å². The summed E-state index contributed by atoms with van der Waals surface area (Å²) in [4.78, 5) is 35.0. The number of ether oxygens (including phenoxy) is 2. The maximum atomic E-state index is 12.2. The number of anilines is 1. The van der Waals surface area contributed by atoms with E-state index in [0.717, 1.165) is 11.8 Å². The van der Waals surface area contributed by atoms with E-state index in [4.69, 9.17) is 14.6 Å². The molecule has 0 saturated carbocycles. The summed E-state index contributed by atoms with van der Waals surface area (Å²) in [6, 6.07) is 4.06. The van der Waals surface area contributed by atoms with Crippen LogP contribution in [0.1, 0.15) is 6.42 Å². The number of carbonyl (C=O) groups is 3. The SMILES string of the molecule is COc1ccc(OC)c(NC(=O)CC2SCC(C(=O)O)NC2=O)c1. The van der Waals surface area contributed by atoms with Gasteiger partial charge in [-0.3, -0.25) is 9.59 Å². The summed E-state index contributed by atoms with van der Waals surface area (Å²) in [6.45, 7) is 0. The molecule has 0 bridgehead atoms. The standard InChI is InChI=1S/C15H18N2O6S/c1-22-8-3-4-11(23-2)9(5-8)16-13(18)6-12-14(19)17-10(7-24-12)15(20)21/h3-5,10,12H,6-7H2,1-2H3,(H,16,18)(H,17,19)(H,20,21). The smallest absolute Gasteiger partial charge is 0.327 e. The van der Waals surface area contributed by atoms with Crippen LogP contribution in [0.15, 0.2) is 18.2 Å². The minimum absolute atomic E-state index is 0.0663. The van der Waals surface area contributed by atoms with Crippen molar-refractivity contribution >= 4 is 35.2 Å². The summed E-state index contributed by atoms with van der Waals surface area (Å²) < 4.78 is 10.3. The molecule has 0 spiro atoms. The van der Waals surface area contributed by atoms with Crippen LogP contribution >= 0.6 is 11.8 Å². The number of nitrogens with one attached hydrogen (secondary N) is 2. The summed E-state index contributed by atoms with van der Waals surface area (Å²) in [5.74, 6) is -0.660. The predicted molar refractivity (Wildman–Crippen MR) is 88.6 cm³/mol. The van der Waals surface area contributed by atoms with Gasteiger partial charge in [-0.15, -0.1) is 11.8 Å². The highest BCUT2D eigenvalue weighted by molar-refractivity contribution is 8.00. The Morgan fingerprint density at radius 3 is 2.71 bits per heavy atom. The zero-order valence-electron chi connectivity index (χ0n) is 13.2. The highest BCUT2D eigenvalue weighted by Gasteiger charge is 2.33. The van der Waals surface area contributed by atoms with Crippen LogP contribution in [0.3, 0.4) is 0 Å². The fraction of sp³-hybridized carbons (Fsp3) is 0.400. The third-order valence-corrected chi connectivity index (χ3v) is 4.73. The number of hydrogen-bond donors (Lipinski definition) is 3. The van der Waals surface area contributed by atoms with E-state index in [0.29, 0.717) is 17.2 Å². The molecule has 2 rings (SSSR count). The van der Waals surface area contributed by atoms with Crippen molar-refractivity contribution in [2.24, 2.45) is 0 Å². The monoisotopic (exact) mass is 354 g/mol. The highest BCUT2D eigenvalue weighted by Crippen LogP contribution is 2.29. The second-order valence-corrected chi connectivity index (χ2v) is 6.28. The van der Waals surface area contributed by atoms with Gasteiger partial charge < -0.3 is 25.2 Å². The van der Waals surface area contributed by atoms with Crippen molar-refractivity contribution < 1.29 is 29.0 Å². The molecule has 1 fully saturated rings. The van der Waals surface area contributed by atoms with Crippen molar-refractivity contribution in [3.8, 4) is 11.5 Å². The molecule has 8 nitrogen and oxygen atoms in total. The third-order valence-electron chi connectivity index (χ3n) is 3.42. The molecule has 1 aromatic rings. The lowest BCUT2D eigenvalue weighted by molar-refractivity contribution is -0.141. The maximum absolute atomic E-state index is 12.2. The van der Waals surface area contributed by atoms with Crippen molar-refractivity contribution in [1.82, 2.24) is 5.32 Å². The van der Waals surface area contributed by atoms with Gasteiger partial charge in [0.25, 0.3) is 0 Å². The van der Waals surface area contributed by atoms with Crippen molar-refractivity contribution in [3.63, 3.8) is 0 Å². The molecule has 9 heteroatoms. The van der Waals surface area contributed by atoms with E-state index in [9.17, 15) is 14.4 Å². The van der Waals surface area contributed by atoms with E-state index in [2.05, 4.69) is 10.6 Å². The lowest BCUT2D eigenvalue weighted by atomic mass is 10.2. The molecule has 0 aliphatic carbocycles. The number of benzene rings is 1. The third kappa shape index (κ3) is 4.31. The summed E-state index contributed by atoms with van der Waals surface area (Å²) >= 11 is 1.15. The van der Waals surface area contributed by atoms with Gasteiger partial charge in [0.2, 0.25) is 11.8 Å². The molecule has 2 amide bonds. The number of carboxylic acid groups (broad SMARTS) is 1. The van der Waals surface area contributed by atoms with Crippen LogP contribution in [-0.4, -0.2) is 54.2 Å². The predicted octanol–water partition coefficient (Wildman–Crippen LogP) is 0.717. The van der Waals surface area contributed by atoms with Gasteiger partial charge in [-0.1, -0.05) is 0 Å². The second-order valence-electron chi connectivity index (χ2n) is 5.04. The zero-order valence-corrected chi connectivity index (χ0v) is 14.0. The number of hydrogen-bond acceptors (Lipinski definition) is 6. The molecule has 1 aliphatic rings. The zero-order chi connectivity index (χ0) is 17.7. The van der Waals surface area contributed by atoms with Crippen molar-refractivity contribution in [2.75, 3.05) is 25.3 Å². The quantitative estimate of drug-likeness (QED) is 0.689. The summed E-state index contributed by atoms with van der Waals surface area (Å²) in [5, 5.41) is 13.3. The lowest BCUT2D eigenvalue weighted by Gasteiger charge is -2.26. The van der Waals surface area contributed by atoms with Crippen molar-refractivity contribution in [1.29, 1.82) is 0 Å². The number of carboxylic acids is 1. The molecule has 1 saturated heterocycles. The first-order chi connectivity index (χ1) is 11.4. The molecular formula is C15H18N2O6S. The largest absolute Gasteiger partial charge is 0.497 e. The Labute approximate surface area is 142 Å².